The van der Waals surface area contributed by atoms with Gasteiger partial charge in [-0.2, -0.15) is 0 Å². The summed E-state index contributed by atoms with van der Waals surface area (Å²) in [4.78, 5) is 0. The fourth-order valence-corrected chi connectivity index (χ4v) is 1.44. The van der Waals surface area contributed by atoms with Crippen molar-refractivity contribution in [1.82, 2.24) is 0 Å². The van der Waals surface area contributed by atoms with E-state index < -0.39 is 0 Å². The van der Waals surface area contributed by atoms with Crippen molar-refractivity contribution >= 4 is 21.0 Å². The predicted octanol–water partition coefficient (Wildman–Crippen LogP) is 0.967. The van der Waals surface area contributed by atoms with E-state index in [0.29, 0.717) is 13.2 Å². The summed E-state index contributed by atoms with van der Waals surface area (Å²) >= 11 is 0. The lowest BCUT2D eigenvalue weighted by molar-refractivity contribution is 0.107. The summed E-state index contributed by atoms with van der Waals surface area (Å²) in [6.07, 6.45) is 0. The second kappa shape index (κ2) is 9.79. The Morgan fingerprint density at radius 2 is 1.00 bits per heavy atom. The monoisotopic (exact) mass is 276 g/mol. The van der Waals surface area contributed by atoms with Crippen LogP contribution in [-0.4, -0.2) is 21.0 Å². The summed E-state index contributed by atoms with van der Waals surface area (Å²) < 4.78 is 10.1. The number of hydrogen-bond acceptors (Lipinski definition) is 2. The van der Waals surface area contributed by atoms with Crippen molar-refractivity contribution in [3.05, 3.63) is 71.8 Å². The third-order valence-electron chi connectivity index (χ3n) is 2.22. The van der Waals surface area contributed by atoms with E-state index in [0.717, 1.165) is 21.0 Å². The van der Waals surface area contributed by atoms with Gasteiger partial charge >= 0.3 is 0 Å². The molecule has 96 valence electrons. The van der Waals surface area contributed by atoms with Crippen molar-refractivity contribution in [1.29, 1.82) is 0 Å². The maximum absolute atomic E-state index is 5.61. The molecule has 4 heteroatoms. The molecule has 0 spiro atoms. The van der Waals surface area contributed by atoms with E-state index in [4.69, 9.17) is 4.74 Å². The number of ether oxygens (including phenoxy) is 1. The zero-order valence-electron chi connectivity index (χ0n) is 11.0. The number of benzene rings is 2. The van der Waals surface area contributed by atoms with Gasteiger partial charge in [0.15, 0.2) is 0 Å². The van der Waals surface area contributed by atoms with Gasteiger partial charge in [0.2, 0.25) is 0 Å². The minimum absolute atomic E-state index is 0.676. The molecule has 0 saturated heterocycles. The third kappa shape index (κ3) is 6.51. The molecule has 0 aliphatic carbocycles. The van der Waals surface area contributed by atoms with Gasteiger partial charge in [-0.25, -0.2) is 0 Å². The standard InChI is InChI=1S/C14H14O.H6OSi2/c1-3-7-13(8-4-1)11-15-12-14-9-5-2-6-10-14;2-1-3/h1-10H,11-12H2;2-3H3. The van der Waals surface area contributed by atoms with Crippen LogP contribution in [0, 0.1) is 0 Å². The molecule has 0 aliphatic heterocycles. The van der Waals surface area contributed by atoms with Crippen LogP contribution in [0.15, 0.2) is 60.7 Å². The molecule has 0 bridgehead atoms. The first-order valence-corrected chi connectivity index (χ1v) is 7.56. The van der Waals surface area contributed by atoms with Crippen LogP contribution in [0.25, 0.3) is 0 Å². The molecule has 0 radical (unpaired) electrons. The van der Waals surface area contributed by atoms with Crippen LogP contribution in [0.4, 0.5) is 0 Å². The van der Waals surface area contributed by atoms with E-state index in [1.165, 1.54) is 11.1 Å². The molecule has 0 heterocycles. The SMILES string of the molecule is [SiH3]O[SiH3].c1ccc(COCc2ccccc2)cc1. The van der Waals surface area contributed by atoms with Crippen LogP contribution in [0.1, 0.15) is 11.1 Å². The van der Waals surface area contributed by atoms with Crippen LogP contribution < -0.4 is 0 Å². The van der Waals surface area contributed by atoms with Crippen LogP contribution in [-0.2, 0) is 22.1 Å². The molecule has 0 amide bonds. The second-order valence-electron chi connectivity index (χ2n) is 3.87. The van der Waals surface area contributed by atoms with Gasteiger partial charge < -0.3 is 8.85 Å². The van der Waals surface area contributed by atoms with Gasteiger partial charge in [0.1, 0.15) is 21.0 Å². The van der Waals surface area contributed by atoms with Crippen molar-refractivity contribution in [2.75, 3.05) is 0 Å². The van der Waals surface area contributed by atoms with Gasteiger partial charge in [-0.15, -0.1) is 0 Å². The maximum Gasteiger partial charge on any atom is 0.129 e. The van der Waals surface area contributed by atoms with E-state index in [2.05, 4.69) is 28.4 Å². The Bertz CT molecular complexity index is 367. The van der Waals surface area contributed by atoms with Gasteiger partial charge in [0.25, 0.3) is 0 Å². The van der Waals surface area contributed by atoms with Crippen molar-refractivity contribution in [3.63, 3.8) is 0 Å². The average molecular weight is 276 g/mol. The smallest absolute Gasteiger partial charge is 0.129 e. The van der Waals surface area contributed by atoms with Crippen molar-refractivity contribution in [2.45, 2.75) is 13.2 Å². The zero-order valence-corrected chi connectivity index (χ0v) is 15.0. The van der Waals surface area contributed by atoms with Gasteiger partial charge in [-0.1, -0.05) is 60.7 Å². The molecule has 0 atom stereocenters. The summed E-state index contributed by atoms with van der Waals surface area (Å²) in [5.41, 5.74) is 2.43. The summed E-state index contributed by atoms with van der Waals surface area (Å²) in [5, 5.41) is 0. The van der Waals surface area contributed by atoms with E-state index in [9.17, 15) is 0 Å². The first-order chi connectivity index (χ1) is 8.86. The molecule has 0 N–H and O–H groups in total. The number of hydrogen-bond donors (Lipinski definition) is 0. The predicted molar refractivity (Wildman–Crippen MR) is 82.3 cm³/mol. The van der Waals surface area contributed by atoms with Crippen LogP contribution in [0.2, 0.25) is 0 Å². The van der Waals surface area contributed by atoms with Gasteiger partial charge in [-0.3, -0.25) is 0 Å². The van der Waals surface area contributed by atoms with Crippen LogP contribution >= 0.6 is 0 Å². The largest absolute Gasteiger partial charge is 0.471 e. The molecule has 0 aliphatic rings. The molecule has 0 aromatic heterocycles. The molecule has 2 aromatic carbocycles. The molecule has 2 rings (SSSR count). The second-order valence-corrected chi connectivity index (χ2v) is 7.14. The minimum Gasteiger partial charge on any atom is -0.471 e. The Labute approximate surface area is 115 Å². The highest BCUT2D eigenvalue weighted by Crippen LogP contribution is 2.05. The van der Waals surface area contributed by atoms with E-state index >= 15 is 0 Å². The summed E-state index contributed by atoms with van der Waals surface area (Å²) in [6, 6.07) is 20.4. The minimum atomic E-state index is 0.676. The first kappa shape index (κ1) is 14.9. The summed E-state index contributed by atoms with van der Waals surface area (Å²) in [6.45, 7) is 1.35. The lowest BCUT2D eigenvalue weighted by Crippen LogP contribution is -1.93. The van der Waals surface area contributed by atoms with Crippen molar-refractivity contribution < 1.29 is 8.85 Å². The summed E-state index contributed by atoms with van der Waals surface area (Å²) in [5.74, 6) is 0. The topological polar surface area (TPSA) is 18.5 Å². The maximum atomic E-state index is 5.61. The molecule has 0 saturated carbocycles. The lowest BCUT2D eigenvalue weighted by Gasteiger charge is -2.03. The van der Waals surface area contributed by atoms with Crippen LogP contribution in [0.3, 0.4) is 0 Å². The highest BCUT2D eigenvalue weighted by Gasteiger charge is 1.93. The van der Waals surface area contributed by atoms with E-state index in [1.807, 2.05) is 36.4 Å². The van der Waals surface area contributed by atoms with Crippen molar-refractivity contribution in [3.8, 4) is 0 Å². The van der Waals surface area contributed by atoms with Crippen LogP contribution in [0.5, 0.6) is 0 Å². The molecule has 18 heavy (non-hydrogen) atoms. The normalized spacial score (nSPS) is 9.78. The third-order valence-corrected chi connectivity index (χ3v) is 2.22. The van der Waals surface area contributed by atoms with Gasteiger partial charge in [0.05, 0.1) is 13.2 Å². The fraction of sp³-hybridized carbons (Fsp3) is 0.143. The fourth-order valence-electron chi connectivity index (χ4n) is 1.44. The summed E-state index contributed by atoms with van der Waals surface area (Å²) in [7, 11) is 1.86. The lowest BCUT2D eigenvalue weighted by atomic mass is 10.2. The Balaban J connectivity index is 0.000000492. The molecular formula is C14H20O2Si2. The van der Waals surface area contributed by atoms with Gasteiger partial charge in [-0.05, 0) is 11.1 Å². The highest BCUT2D eigenvalue weighted by molar-refractivity contribution is 6.15. The molecule has 2 nitrogen and oxygen atoms in total. The first-order valence-electron chi connectivity index (χ1n) is 5.92. The Hall–Kier alpha value is -1.21. The molecular weight excluding hydrogens is 256 g/mol. The zero-order chi connectivity index (χ0) is 13.1. The molecule has 0 unspecified atom stereocenters. The molecule has 0 fully saturated rings. The van der Waals surface area contributed by atoms with E-state index in [-0.39, 0.29) is 0 Å². The highest BCUT2D eigenvalue weighted by atomic mass is 28.3. The number of rotatable bonds is 4. The quantitative estimate of drug-likeness (QED) is 0.775. The Morgan fingerprint density at radius 1 is 0.667 bits per heavy atom. The average Bonchev–Trinajstić information content (AvgIpc) is 2.42. The van der Waals surface area contributed by atoms with Gasteiger partial charge in [0, 0.05) is 0 Å². The van der Waals surface area contributed by atoms with E-state index in [1.54, 1.807) is 0 Å². The Morgan fingerprint density at radius 3 is 1.33 bits per heavy atom. The Kier molecular flexibility index (Phi) is 8.08. The van der Waals surface area contributed by atoms with Crippen molar-refractivity contribution in [2.24, 2.45) is 0 Å². The molecule has 2 aromatic rings.